The van der Waals surface area contributed by atoms with E-state index in [2.05, 4.69) is 22.5 Å². The number of allylic oxidation sites excluding steroid dienone is 5. The third-order valence-corrected chi connectivity index (χ3v) is 5.14. The molecule has 0 unspecified atom stereocenters. The van der Waals surface area contributed by atoms with Gasteiger partial charge in [0.1, 0.15) is 5.76 Å². The number of hydrogen-bond acceptors (Lipinski definition) is 4. The molecular weight excluding hydrogens is 410 g/mol. The van der Waals surface area contributed by atoms with Crippen molar-refractivity contribution in [3.8, 4) is 0 Å². The van der Waals surface area contributed by atoms with Gasteiger partial charge in [-0.3, -0.25) is 9.93 Å². The van der Waals surface area contributed by atoms with E-state index in [9.17, 15) is 4.79 Å². The molecule has 1 aliphatic heterocycles. The highest BCUT2D eigenvalue weighted by atomic mass is 79.9. The lowest BCUT2D eigenvalue weighted by atomic mass is 9.92. The Labute approximate surface area is 169 Å². The minimum Gasteiger partial charge on any atom is -0.478 e. The van der Waals surface area contributed by atoms with E-state index < -0.39 is 5.60 Å². The van der Waals surface area contributed by atoms with Crippen molar-refractivity contribution in [3.05, 3.63) is 70.3 Å². The largest absolute Gasteiger partial charge is 0.478 e. The van der Waals surface area contributed by atoms with Gasteiger partial charge in [0.2, 0.25) is 5.78 Å². The van der Waals surface area contributed by atoms with Gasteiger partial charge in [-0.1, -0.05) is 44.7 Å². The molecule has 3 nitrogen and oxygen atoms in total. The molecule has 26 heavy (non-hydrogen) atoms. The predicted octanol–water partition coefficient (Wildman–Crippen LogP) is 6.22. The molecule has 0 spiro atoms. The zero-order valence-corrected chi connectivity index (χ0v) is 18.3. The van der Waals surface area contributed by atoms with E-state index in [1.54, 1.807) is 19.9 Å². The first-order valence-corrected chi connectivity index (χ1v) is 10.1. The lowest BCUT2D eigenvalue weighted by Gasteiger charge is -2.18. The van der Waals surface area contributed by atoms with Gasteiger partial charge in [-0.25, -0.2) is 0 Å². The smallest absolute Gasteiger partial charge is 0.210 e. The first-order chi connectivity index (χ1) is 12.4. The third kappa shape index (κ3) is 4.78. The summed E-state index contributed by atoms with van der Waals surface area (Å²) >= 11 is 4.67. The summed E-state index contributed by atoms with van der Waals surface area (Å²) in [4.78, 5) is 13.8. The molecule has 2 rings (SSSR count). The van der Waals surface area contributed by atoms with E-state index in [4.69, 9.17) is 9.88 Å². The molecule has 2 N–H and O–H groups in total. The maximum Gasteiger partial charge on any atom is 0.210 e. The number of ketones is 1. The third-order valence-electron chi connectivity index (χ3n) is 3.61. The summed E-state index contributed by atoms with van der Waals surface area (Å²) in [7, 11) is 0. The minimum absolute atomic E-state index is 0.0444. The van der Waals surface area contributed by atoms with Crippen LogP contribution in [0.5, 0.6) is 0 Å². The van der Waals surface area contributed by atoms with E-state index >= 15 is 0 Å². The molecule has 0 atom stereocenters. The summed E-state index contributed by atoms with van der Waals surface area (Å²) in [6.45, 7) is 13.2. The number of rotatable bonds is 5. The molecule has 0 saturated heterocycles. The average Bonchev–Trinajstić information content (AvgIpc) is 2.86. The molecular formula is C21H26BrNO2S. The van der Waals surface area contributed by atoms with Crippen LogP contribution in [0.1, 0.15) is 40.2 Å². The van der Waals surface area contributed by atoms with Gasteiger partial charge in [-0.15, -0.1) is 0 Å². The SMILES string of the molecule is C=C/C=C(\C=C/C)C1=C(c2ccc(SN)c(Br)c2)OC(C)(C)C1=O.CC. The van der Waals surface area contributed by atoms with Gasteiger partial charge >= 0.3 is 0 Å². The maximum atomic E-state index is 12.9. The summed E-state index contributed by atoms with van der Waals surface area (Å²) in [5, 5.41) is 5.63. The Morgan fingerprint density at radius 2 is 2.00 bits per heavy atom. The summed E-state index contributed by atoms with van der Waals surface area (Å²) in [5.41, 5.74) is 1.28. The molecule has 0 radical (unpaired) electrons. The number of benzene rings is 1. The first kappa shape index (κ1) is 22.5. The lowest BCUT2D eigenvalue weighted by Crippen LogP contribution is -2.29. The van der Waals surface area contributed by atoms with Crippen molar-refractivity contribution < 1.29 is 9.53 Å². The van der Waals surface area contributed by atoms with Gasteiger partial charge in [0.05, 0.1) is 5.57 Å². The number of Topliss-reactive ketones (excluding diaryl/α,β-unsaturated/α-hetero) is 1. The lowest BCUT2D eigenvalue weighted by molar-refractivity contribution is -0.126. The Bertz CT molecular complexity index is 776. The maximum absolute atomic E-state index is 12.9. The van der Waals surface area contributed by atoms with Gasteiger partial charge in [-0.2, -0.15) is 0 Å². The fourth-order valence-corrected chi connectivity index (χ4v) is 3.47. The summed E-state index contributed by atoms with van der Waals surface area (Å²) < 4.78 is 6.89. The van der Waals surface area contributed by atoms with Crippen LogP contribution in [0.15, 0.2) is 69.6 Å². The second kappa shape index (κ2) is 9.95. The number of ether oxygens (including phenoxy) is 1. The van der Waals surface area contributed by atoms with Crippen LogP contribution >= 0.6 is 27.9 Å². The zero-order valence-electron chi connectivity index (χ0n) is 15.9. The number of nitrogens with two attached hydrogens (primary N) is 1. The van der Waals surface area contributed by atoms with Gasteiger partial charge in [0.15, 0.2) is 5.60 Å². The number of hydrogen-bond donors (Lipinski definition) is 1. The molecule has 0 aliphatic carbocycles. The van der Waals surface area contributed by atoms with E-state index in [1.807, 2.05) is 57.2 Å². The normalized spacial score (nSPS) is 16.4. The van der Waals surface area contributed by atoms with Gasteiger partial charge < -0.3 is 4.74 Å². The first-order valence-electron chi connectivity index (χ1n) is 8.46. The highest BCUT2D eigenvalue weighted by Crippen LogP contribution is 2.41. The molecule has 1 heterocycles. The van der Waals surface area contributed by atoms with Crippen molar-refractivity contribution in [3.63, 3.8) is 0 Å². The summed E-state index contributed by atoms with van der Waals surface area (Å²) in [5.74, 6) is 0.530. The van der Waals surface area contributed by atoms with Crippen LogP contribution in [0.25, 0.3) is 5.76 Å². The van der Waals surface area contributed by atoms with Gasteiger partial charge in [-0.05, 0) is 72.4 Å². The second-order valence-corrected chi connectivity index (χ2v) is 7.30. The average molecular weight is 436 g/mol. The van der Waals surface area contributed by atoms with Crippen LogP contribution in [-0.2, 0) is 9.53 Å². The van der Waals surface area contributed by atoms with Crippen LogP contribution in [0, 0.1) is 0 Å². The van der Waals surface area contributed by atoms with Crippen molar-refractivity contribution in [1.29, 1.82) is 0 Å². The standard InChI is InChI=1S/C19H20BrNO2S.C2H6/c1-5-7-12(8-6-2)16-17(23-19(3,4)18(16)22)13-9-10-15(24-21)14(20)11-13;1-2/h5-11H,1,21H2,2-4H3;1-2H3/b8-6-,12-7+;. The van der Waals surface area contributed by atoms with Crippen LogP contribution in [0.3, 0.4) is 0 Å². The molecule has 5 heteroatoms. The molecule has 0 saturated carbocycles. The quantitative estimate of drug-likeness (QED) is 0.440. The topological polar surface area (TPSA) is 52.3 Å². The van der Waals surface area contributed by atoms with E-state index in [1.165, 1.54) is 0 Å². The number of halogens is 1. The monoisotopic (exact) mass is 435 g/mol. The highest BCUT2D eigenvalue weighted by Gasteiger charge is 2.43. The Morgan fingerprint density at radius 3 is 2.50 bits per heavy atom. The van der Waals surface area contributed by atoms with Gasteiger partial charge in [0.25, 0.3) is 0 Å². The number of carbonyl (C=O) groups is 1. The Hall–Kier alpha value is -1.56. The van der Waals surface area contributed by atoms with E-state index in [-0.39, 0.29) is 5.78 Å². The zero-order chi connectivity index (χ0) is 19.9. The second-order valence-electron chi connectivity index (χ2n) is 5.77. The Kier molecular flexibility index (Phi) is 8.60. The Balaban J connectivity index is 0.00000163. The van der Waals surface area contributed by atoms with Crippen LogP contribution in [0.4, 0.5) is 0 Å². The molecule has 0 bridgehead atoms. The summed E-state index contributed by atoms with van der Waals surface area (Å²) in [6.07, 6.45) is 7.27. The fourth-order valence-electron chi connectivity index (χ4n) is 2.49. The van der Waals surface area contributed by atoms with Crippen LogP contribution in [-0.4, -0.2) is 11.4 Å². The molecule has 1 aromatic rings. The van der Waals surface area contributed by atoms with E-state index in [0.717, 1.165) is 32.5 Å². The predicted molar refractivity (Wildman–Crippen MR) is 116 cm³/mol. The molecule has 1 aliphatic rings. The van der Waals surface area contributed by atoms with Crippen molar-refractivity contribution in [2.24, 2.45) is 5.14 Å². The van der Waals surface area contributed by atoms with Crippen molar-refractivity contribution in [2.75, 3.05) is 0 Å². The molecule has 0 aromatic heterocycles. The van der Waals surface area contributed by atoms with Crippen LogP contribution < -0.4 is 5.14 Å². The minimum atomic E-state index is -0.903. The molecule has 0 fully saturated rings. The fraction of sp³-hybridized carbons (Fsp3) is 0.286. The van der Waals surface area contributed by atoms with Crippen LogP contribution in [0.2, 0.25) is 0 Å². The molecule has 140 valence electrons. The van der Waals surface area contributed by atoms with Crippen molar-refractivity contribution >= 4 is 39.4 Å². The molecule has 0 amide bonds. The number of carbonyl (C=O) groups excluding carboxylic acids is 1. The van der Waals surface area contributed by atoms with Crippen molar-refractivity contribution in [1.82, 2.24) is 0 Å². The van der Waals surface area contributed by atoms with Crippen molar-refractivity contribution in [2.45, 2.75) is 45.1 Å². The summed E-state index contributed by atoms with van der Waals surface area (Å²) in [6, 6.07) is 5.73. The van der Waals surface area contributed by atoms with Gasteiger partial charge in [0, 0.05) is 14.9 Å². The highest BCUT2D eigenvalue weighted by molar-refractivity contribution is 9.10. The Morgan fingerprint density at radius 1 is 1.35 bits per heavy atom. The van der Waals surface area contributed by atoms with E-state index in [0.29, 0.717) is 11.3 Å². The molecule has 1 aromatic carbocycles.